The van der Waals surface area contributed by atoms with Gasteiger partial charge >= 0.3 is 0 Å². The van der Waals surface area contributed by atoms with Gasteiger partial charge in [0.05, 0.1) is 17.8 Å². The highest BCUT2D eigenvalue weighted by Gasteiger charge is 2.32. The minimum Gasteiger partial charge on any atom is -0.356 e. The van der Waals surface area contributed by atoms with Crippen LogP contribution in [-0.4, -0.2) is 32.1 Å². The van der Waals surface area contributed by atoms with E-state index in [0.717, 1.165) is 42.7 Å². The van der Waals surface area contributed by atoms with Gasteiger partial charge in [-0.25, -0.2) is 0 Å². The molecule has 1 N–H and O–H groups in total. The number of fused-ring (bicyclic) bond motifs is 3. The summed E-state index contributed by atoms with van der Waals surface area (Å²) in [5.41, 5.74) is 5.35. The van der Waals surface area contributed by atoms with Gasteiger partial charge in [0.25, 0.3) is 5.91 Å². The van der Waals surface area contributed by atoms with E-state index in [1.807, 2.05) is 22.6 Å². The first-order chi connectivity index (χ1) is 12.1. The molecule has 1 aliphatic rings. The Balaban J connectivity index is 1.67. The van der Waals surface area contributed by atoms with Crippen molar-refractivity contribution in [2.75, 3.05) is 6.54 Å². The van der Waals surface area contributed by atoms with E-state index in [0.29, 0.717) is 0 Å². The van der Waals surface area contributed by atoms with Gasteiger partial charge in [0.1, 0.15) is 0 Å². The van der Waals surface area contributed by atoms with Crippen molar-refractivity contribution in [3.8, 4) is 0 Å². The van der Waals surface area contributed by atoms with Crippen LogP contribution in [0.5, 0.6) is 0 Å². The molecular weight excluding hydrogens is 312 g/mol. The lowest BCUT2D eigenvalue weighted by Crippen LogP contribution is -2.39. The predicted octanol–water partition coefficient (Wildman–Crippen LogP) is 3.84. The third-order valence-corrected chi connectivity index (χ3v) is 5.36. The maximum atomic E-state index is 13.1. The van der Waals surface area contributed by atoms with Crippen LogP contribution < -0.4 is 0 Å². The van der Waals surface area contributed by atoms with Crippen molar-refractivity contribution >= 4 is 16.8 Å². The van der Waals surface area contributed by atoms with E-state index in [4.69, 9.17) is 0 Å². The van der Waals surface area contributed by atoms with Gasteiger partial charge in [-0.15, -0.1) is 0 Å². The number of carbonyl (C=O) groups is 1. The van der Waals surface area contributed by atoms with Crippen molar-refractivity contribution in [1.29, 1.82) is 0 Å². The van der Waals surface area contributed by atoms with Crippen LogP contribution in [0.2, 0.25) is 0 Å². The first-order valence-corrected chi connectivity index (χ1v) is 9.04. The number of amides is 1. The van der Waals surface area contributed by atoms with Gasteiger partial charge < -0.3 is 9.88 Å². The molecule has 1 aromatic carbocycles. The van der Waals surface area contributed by atoms with Gasteiger partial charge in [-0.1, -0.05) is 25.1 Å². The Morgan fingerprint density at radius 3 is 2.96 bits per heavy atom. The summed E-state index contributed by atoms with van der Waals surface area (Å²) in [7, 11) is 0. The smallest absolute Gasteiger partial charge is 0.257 e. The molecule has 2 aromatic heterocycles. The fourth-order valence-electron chi connectivity index (χ4n) is 3.95. The van der Waals surface area contributed by atoms with E-state index in [1.54, 1.807) is 6.20 Å². The number of aromatic amines is 1. The summed E-state index contributed by atoms with van der Waals surface area (Å²) in [6.07, 6.45) is 3.62. The Morgan fingerprint density at radius 2 is 2.16 bits per heavy atom. The molecule has 0 spiro atoms. The summed E-state index contributed by atoms with van der Waals surface area (Å²) < 4.78 is 1.93. The van der Waals surface area contributed by atoms with Gasteiger partial charge in [0.2, 0.25) is 0 Å². The second-order valence-electron chi connectivity index (χ2n) is 6.85. The Hall–Kier alpha value is -2.56. The molecule has 3 aromatic rings. The fourth-order valence-corrected chi connectivity index (χ4v) is 3.95. The summed E-state index contributed by atoms with van der Waals surface area (Å²) in [6.45, 7) is 7.80. The summed E-state index contributed by atoms with van der Waals surface area (Å²) in [5, 5.41) is 5.67. The zero-order valence-corrected chi connectivity index (χ0v) is 15.0. The molecule has 4 rings (SSSR count). The number of nitrogens with zero attached hydrogens (tertiary/aromatic N) is 3. The number of hydrogen-bond donors (Lipinski definition) is 1. The van der Waals surface area contributed by atoms with Crippen molar-refractivity contribution in [1.82, 2.24) is 19.7 Å². The molecule has 3 heterocycles. The molecular formula is C20H24N4O. The van der Waals surface area contributed by atoms with Crippen molar-refractivity contribution < 1.29 is 4.79 Å². The summed E-state index contributed by atoms with van der Waals surface area (Å²) >= 11 is 0. The van der Waals surface area contributed by atoms with Crippen LogP contribution in [0.3, 0.4) is 0 Å². The van der Waals surface area contributed by atoms with Crippen LogP contribution in [0.25, 0.3) is 10.9 Å². The first kappa shape index (κ1) is 15.9. The third kappa shape index (κ3) is 2.46. The fraction of sp³-hybridized carbons (Fsp3) is 0.400. The Bertz CT molecular complexity index is 936. The normalized spacial score (nSPS) is 17.1. The molecule has 0 aliphatic carbocycles. The zero-order chi connectivity index (χ0) is 17.6. The van der Waals surface area contributed by atoms with E-state index < -0.39 is 0 Å². The number of aromatic nitrogens is 3. The van der Waals surface area contributed by atoms with Crippen molar-refractivity contribution in [2.45, 2.75) is 46.2 Å². The lowest BCUT2D eigenvalue weighted by Gasteiger charge is -2.33. The summed E-state index contributed by atoms with van der Waals surface area (Å²) in [5.74, 6) is 0.0802. The molecule has 25 heavy (non-hydrogen) atoms. The van der Waals surface area contributed by atoms with Gasteiger partial charge in [0, 0.05) is 35.4 Å². The molecule has 1 unspecified atom stereocenters. The van der Waals surface area contributed by atoms with Crippen LogP contribution in [0.4, 0.5) is 0 Å². The molecule has 0 fully saturated rings. The number of rotatable bonds is 3. The third-order valence-electron chi connectivity index (χ3n) is 5.36. The molecule has 0 bridgehead atoms. The lowest BCUT2D eigenvalue weighted by molar-refractivity contribution is 0.0674. The highest BCUT2D eigenvalue weighted by molar-refractivity contribution is 5.96. The maximum absolute atomic E-state index is 13.1. The zero-order valence-electron chi connectivity index (χ0n) is 15.0. The molecule has 1 atom stereocenters. The number of carbonyl (C=O) groups excluding carboxylic acids is 1. The number of hydrogen-bond acceptors (Lipinski definition) is 2. The lowest BCUT2D eigenvalue weighted by atomic mass is 9.97. The molecule has 1 aliphatic heterocycles. The minimum absolute atomic E-state index is 0.0394. The molecule has 5 nitrogen and oxygen atoms in total. The Morgan fingerprint density at radius 1 is 1.36 bits per heavy atom. The molecule has 130 valence electrons. The van der Waals surface area contributed by atoms with Crippen molar-refractivity contribution in [3.63, 3.8) is 0 Å². The van der Waals surface area contributed by atoms with E-state index in [-0.39, 0.29) is 11.9 Å². The van der Waals surface area contributed by atoms with Gasteiger partial charge in [-0.3, -0.25) is 9.48 Å². The average molecular weight is 336 g/mol. The number of H-pyrrole nitrogens is 1. The van der Waals surface area contributed by atoms with E-state index in [2.05, 4.69) is 42.1 Å². The van der Waals surface area contributed by atoms with E-state index in [9.17, 15) is 4.79 Å². The van der Waals surface area contributed by atoms with Crippen LogP contribution >= 0.6 is 0 Å². The Labute approximate surface area is 147 Å². The van der Waals surface area contributed by atoms with Crippen molar-refractivity contribution in [2.24, 2.45) is 0 Å². The van der Waals surface area contributed by atoms with Gasteiger partial charge in [-0.05, 0) is 38.3 Å². The van der Waals surface area contributed by atoms with Crippen LogP contribution in [-0.2, 0) is 13.0 Å². The second kappa shape index (κ2) is 6.06. The molecule has 1 amide bonds. The molecule has 5 heteroatoms. The Kier molecular flexibility index (Phi) is 3.86. The highest BCUT2D eigenvalue weighted by atomic mass is 16.2. The monoisotopic (exact) mass is 336 g/mol. The molecule has 0 radical (unpaired) electrons. The number of nitrogens with one attached hydrogen (secondary N) is 1. The first-order valence-electron chi connectivity index (χ1n) is 9.04. The van der Waals surface area contributed by atoms with Crippen molar-refractivity contribution in [3.05, 3.63) is 53.0 Å². The van der Waals surface area contributed by atoms with E-state index in [1.165, 1.54) is 16.6 Å². The molecule has 0 saturated carbocycles. The van der Waals surface area contributed by atoms with Crippen LogP contribution in [0.15, 0.2) is 30.5 Å². The molecule has 0 saturated heterocycles. The number of para-hydroxylation sites is 1. The number of aryl methyl sites for hydroxylation is 1. The summed E-state index contributed by atoms with van der Waals surface area (Å²) in [4.78, 5) is 18.6. The van der Waals surface area contributed by atoms with E-state index >= 15 is 0 Å². The number of benzene rings is 1. The van der Waals surface area contributed by atoms with Crippen LogP contribution in [0.1, 0.15) is 53.6 Å². The maximum Gasteiger partial charge on any atom is 0.257 e. The second-order valence-corrected chi connectivity index (χ2v) is 6.85. The minimum atomic E-state index is 0.0394. The summed E-state index contributed by atoms with van der Waals surface area (Å²) in [6, 6.07) is 8.42. The van der Waals surface area contributed by atoms with Gasteiger partial charge in [-0.2, -0.15) is 5.10 Å². The van der Waals surface area contributed by atoms with Gasteiger partial charge in [0.15, 0.2) is 0 Å². The quantitative estimate of drug-likeness (QED) is 0.790. The SMILES string of the molecule is CCCn1ncc(C(=O)N2CCc3c([nH]c4ccccc34)C2C)c1C. The van der Waals surface area contributed by atoms with Crippen LogP contribution in [0, 0.1) is 6.92 Å². The standard InChI is InChI=1S/C20H24N4O/c1-4-10-24-13(2)17(12-21-24)20(25)23-11-9-16-15-7-5-6-8-18(15)22-19(16)14(23)3/h5-8,12,14,22H,4,9-11H2,1-3H3. The highest BCUT2D eigenvalue weighted by Crippen LogP contribution is 2.35. The average Bonchev–Trinajstić information content (AvgIpc) is 3.17. The topological polar surface area (TPSA) is 53.9 Å². The predicted molar refractivity (Wildman–Crippen MR) is 98.7 cm³/mol. The largest absolute Gasteiger partial charge is 0.356 e.